The fourth-order valence-corrected chi connectivity index (χ4v) is 1.71. The van der Waals surface area contributed by atoms with Crippen molar-refractivity contribution in [2.75, 3.05) is 7.11 Å². The summed E-state index contributed by atoms with van der Waals surface area (Å²) in [5.41, 5.74) is 0.561. The number of hydrogen-bond donors (Lipinski definition) is 0. The van der Waals surface area contributed by atoms with Crippen molar-refractivity contribution < 1.29 is 22.6 Å². The molecule has 7 heteroatoms. The Morgan fingerprint density at radius 1 is 1.40 bits per heavy atom. The Bertz CT molecular complexity index is 368. The van der Waals surface area contributed by atoms with Crippen molar-refractivity contribution in [2.45, 2.75) is 13.3 Å². The van der Waals surface area contributed by atoms with Crippen molar-refractivity contribution >= 4 is 22.6 Å². The summed E-state index contributed by atoms with van der Waals surface area (Å²) in [7, 11) is 1.27. The van der Waals surface area contributed by atoms with Crippen LogP contribution in [0.15, 0.2) is 6.07 Å². The van der Waals surface area contributed by atoms with E-state index in [9.17, 15) is 13.2 Å². The number of hydrogen-bond acceptors (Lipinski definition) is 3. The monoisotopic (exact) mass is 333 g/mol. The lowest BCUT2D eigenvalue weighted by molar-refractivity contribution is -0.275. The van der Waals surface area contributed by atoms with Gasteiger partial charge in [0.25, 0.3) is 0 Å². The molecule has 0 N–H and O–H groups in total. The Morgan fingerprint density at radius 3 is 2.47 bits per heavy atom. The Kier molecular flexibility index (Phi) is 3.63. The van der Waals surface area contributed by atoms with Gasteiger partial charge < -0.3 is 9.47 Å². The summed E-state index contributed by atoms with van der Waals surface area (Å²) < 4.78 is 44.8. The van der Waals surface area contributed by atoms with Gasteiger partial charge in [0.1, 0.15) is 3.70 Å². The molecule has 0 fully saturated rings. The molecule has 1 rings (SSSR count). The van der Waals surface area contributed by atoms with Gasteiger partial charge in [0.15, 0.2) is 5.75 Å². The molecule has 0 bridgehead atoms. The van der Waals surface area contributed by atoms with Crippen LogP contribution in [-0.4, -0.2) is 18.5 Å². The first-order chi connectivity index (χ1) is 6.83. The standard InChI is InChI=1S/C8H7F3INO2/c1-4-3-5(14-2)6(7(12)13-4)15-8(9,10)11/h3H,1-2H3. The highest BCUT2D eigenvalue weighted by molar-refractivity contribution is 14.1. The number of aromatic nitrogens is 1. The maximum Gasteiger partial charge on any atom is 0.573 e. The van der Waals surface area contributed by atoms with Gasteiger partial charge in [-0.2, -0.15) is 0 Å². The summed E-state index contributed by atoms with van der Waals surface area (Å²) in [6.07, 6.45) is -4.75. The second kappa shape index (κ2) is 4.42. The zero-order valence-corrected chi connectivity index (χ0v) is 10.0. The summed E-state index contributed by atoms with van der Waals surface area (Å²) in [4.78, 5) is 3.85. The molecule has 0 atom stereocenters. The van der Waals surface area contributed by atoms with Crippen LogP contribution >= 0.6 is 22.6 Å². The number of halogens is 4. The molecule has 0 aliphatic carbocycles. The van der Waals surface area contributed by atoms with E-state index in [0.29, 0.717) is 5.69 Å². The van der Waals surface area contributed by atoms with Gasteiger partial charge in [-0.25, -0.2) is 4.98 Å². The minimum absolute atomic E-state index is 0.0178. The number of methoxy groups -OCH3 is 1. The molecule has 0 aliphatic heterocycles. The predicted molar refractivity (Wildman–Crippen MR) is 54.9 cm³/mol. The number of ether oxygens (including phenoxy) is 2. The summed E-state index contributed by atoms with van der Waals surface area (Å²) in [5.74, 6) is -0.388. The maximum atomic E-state index is 12.0. The van der Waals surface area contributed by atoms with Gasteiger partial charge in [-0.15, -0.1) is 13.2 Å². The first-order valence-electron chi connectivity index (χ1n) is 3.80. The molecular weight excluding hydrogens is 326 g/mol. The van der Waals surface area contributed by atoms with Crippen molar-refractivity contribution in [3.05, 3.63) is 15.5 Å². The van der Waals surface area contributed by atoms with Gasteiger partial charge in [-0.3, -0.25) is 0 Å². The van der Waals surface area contributed by atoms with E-state index in [0.717, 1.165) is 0 Å². The number of nitrogens with zero attached hydrogens (tertiary/aromatic N) is 1. The van der Waals surface area contributed by atoms with Crippen LogP contribution in [0, 0.1) is 10.6 Å². The van der Waals surface area contributed by atoms with Crippen LogP contribution < -0.4 is 9.47 Å². The predicted octanol–water partition coefficient (Wildman–Crippen LogP) is 2.90. The lowest BCUT2D eigenvalue weighted by Crippen LogP contribution is -2.18. The first-order valence-corrected chi connectivity index (χ1v) is 4.88. The minimum Gasteiger partial charge on any atom is -0.493 e. The van der Waals surface area contributed by atoms with E-state index in [1.165, 1.54) is 13.2 Å². The van der Waals surface area contributed by atoms with Crippen LogP contribution in [0.25, 0.3) is 0 Å². The Morgan fingerprint density at radius 2 is 2.00 bits per heavy atom. The van der Waals surface area contributed by atoms with Gasteiger partial charge in [0.2, 0.25) is 5.75 Å². The van der Waals surface area contributed by atoms with Crippen molar-refractivity contribution in [3.8, 4) is 11.5 Å². The van der Waals surface area contributed by atoms with E-state index in [1.807, 2.05) is 0 Å². The smallest absolute Gasteiger partial charge is 0.493 e. The third kappa shape index (κ3) is 3.40. The average Bonchev–Trinajstić information content (AvgIpc) is 2.07. The van der Waals surface area contributed by atoms with Crippen LogP contribution in [0.2, 0.25) is 0 Å². The van der Waals surface area contributed by atoms with Crippen molar-refractivity contribution in [1.29, 1.82) is 0 Å². The van der Waals surface area contributed by atoms with Gasteiger partial charge in [-0.05, 0) is 29.5 Å². The van der Waals surface area contributed by atoms with Crippen LogP contribution in [0.1, 0.15) is 5.69 Å². The molecule has 1 aromatic rings. The number of aryl methyl sites for hydroxylation is 1. The first kappa shape index (κ1) is 12.3. The van der Waals surface area contributed by atoms with E-state index >= 15 is 0 Å². The summed E-state index contributed by atoms with van der Waals surface area (Å²) in [5, 5.41) is 0. The van der Waals surface area contributed by atoms with E-state index < -0.39 is 12.1 Å². The fraction of sp³-hybridized carbons (Fsp3) is 0.375. The van der Waals surface area contributed by atoms with Gasteiger partial charge in [0.05, 0.1) is 7.11 Å². The quantitative estimate of drug-likeness (QED) is 0.616. The number of alkyl halides is 3. The fourth-order valence-electron chi connectivity index (χ4n) is 0.955. The molecule has 0 radical (unpaired) electrons. The minimum atomic E-state index is -4.75. The molecule has 3 nitrogen and oxygen atoms in total. The van der Waals surface area contributed by atoms with Crippen molar-refractivity contribution in [2.24, 2.45) is 0 Å². The Labute approximate surface area is 97.7 Å². The Balaban J connectivity index is 3.15. The molecule has 15 heavy (non-hydrogen) atoms. The maximum absolute atomic E-state index is 12.0. The molecule has 0 aliphatic rings. The summed E-state index contributed by atoms with van der Waals surface area (Å²) in [6, 6.07) is 1.38. The topological polar surface area (TPSA) is 31.4 Å². The number of pyridine rings is 1. The third-order valence-electron chi connectivity index (χ3n) is 1.46. The largest absolute Gasteiger partial charge is 0.573 e. The molecule has 0 saturated carbocycles. The van der Waals surface area contributed by atoms with Crippen LogP contribution in [0.3, 0.4) is 0 Å². The second-order valence-corrected chi connectivity index (χ2v) is 3.66. The Hall–Kier alpha value is -0.730. The van der Waals surface area contributed by atoms with E-state index in [2.05, 4.69) is 9.72 Å². The molecular formula is C8H7F3INO2. The van der Waals surface area contributed by atoms with Crippen LogP contribution in [0.5, 0.6) is 11.5 Å². The molecule has 84 valence electrons. The zero-order valence-electron chi connectivity index (χ0n) is 7.85. The normalized spacial score (nSPS) is 11.3. The van der Waals surface area contributed by atoms with Crippen molar-refractivity contribution in [1.82, 2.24) is 4.98 Å². The van der Waals surface area contributed by atoms with E-state index in [1.54, 1.807) is 29.5 Å². The molecule has 0 amide bonds. The van der Waals surface area contributed by atoms with Gasteiger partial charge >= 0.3 is 6.36 Å². The highest BCUT2D eigenvalue weighted by Crippen LogP contribution is 2.35. The summed E-state index contributed by atoms with van der Waals surface area (Å²) in [6.45, 7) is 1.65. The lowest BCUT2D eigenvalue weighted by Gasteiger charge is -2.13. The lowest BCUT2D eigenvalue weighted by atomic mass is 10.3. The average molecular weight is 333 g/mol. The SMILES string of the molecule is COc1cc(C)nc(I)c1OC(F)(F)F. The van der Waals surface area contributed by atoms with Gasteiger partial charge in [-0.1, -0.05) is 0 Å². The zero-order chi connectivity index (χ0) is 11.6. The number of rotatable bonds is 2. The highest BCUT2D eigenvalue weighted by atomic mass is 127. The van der Waals surface area contributed by atoms with Crippen molar-refractivity contribution in [3.63, 3.8) is 0 Å². The highest BCUT2D eigenvalue weighted by Gasteiger charge is 2.34. The van der Waals surface area contributed by atoms with Gasteiger partial charge in [0, 0.05) is 11.8 Å². The molecule has 1 heterocycles. The van der Waals surface area contributed by atoms with E-state index in [-0.39, 0.29) is 9.45 Å². The second-order valence-electron chi connectivity index (χ2n) is 2.63. The molecule has 0 saturated heterocycles. The molecule has 0 spiro atoms. The van der Waals surface area contributed by atoms with Crippen LogP contribution in [-0.2, 0) is 0 Å². The molecule has 1 aromatic heterocycles. The molecule has 0 aromatic carbocycles. The van der Waals surface area contributed by atoms with Crippen LogP contribution in [0.4, 0.5) is 13.2 Å². The third-order valence-corrected chi connectivity index (χ3v) is 2.19. The van der Waals surface area contributed by atoms with E-state index in [4.69, 9.17) is 4.74 Å². The summed E-state index contributed by atoms with van der Waals surface area (Å²) >= 11 is 1.66. The molecule has 0 unspecified atom stereocenters.